The second-order valence-corrected chi connectivity index (χ2v) is 6.12. The molecule has 0 aliphatic carbocycles. The molecule has 0 spiro atoms. The van der Waals surface area contributed by atoms with Gasteiger partial charge in [-0.25, -0.2) is 4.79 Å². The first-order valence-corrected chi connectivity index (χ1v) is 7.17. The Bertz CT molecular complexity index is 598. The van der Waals surface area contributed by atoms with E-state index in [1.807, 2.05) is 0 Å². The fourth-order valence-electron chi connectivity index (χ4n) is 1.72. The van der Waals surface area contributed by atoms with Crippen molar-refractivity contribution in [2.75, 3.05) is 0 Å². The molecule has 0 aliphatic rings. The van der Waals surface area contributed by atoms with E-state index in [1.165, 1.54) is 19.2 Å². The second kappa shape index (κ2) is 7.50. The Morgan fingerprint density at radius 1 is 1.29 bits per heavy atom. The normalized spacial score (nSPS) is 13.1. The van der Waals surface area contributed by atoms with Crippen molar-refractivity contribution < 1.29 is 27.5 Å². The van der Waals surface area contributed by atoms with Gasteiger partial charge in [0.25, 0.3) is 0 Å². The molecular weight excluding hydrogens is 327 g/mol. The Morgan fingerprint density at radius 3 is 2.46 bits per heavy atom. The van der Waals surface area contributed by atoms with E-state index in [0.29, 0.717) is 6.20 Å². The van der Waals surface area contributed by atoms with Gasteiger partial charge in [0.05, 0.1) is 5.56 Å². The average Bonchev–Trinajstić information content (AvgIpc) is 2.41. The predicted octanol–water partition coefficient (Wildman–Crippen LogP) is 2.63. The highest BCUT2D eigenvalue weighted by atomic mass is 19.4. The summed E-state index contributed by atoms with van der Waals surface area (Å²) in [4.78, 5) is 26.9. The number of rotatable bonds is 4. The summed E-state index contributed by atoms with van der Waals surface area (Å²) in [5, 5.41) is 4.65. The van der Waals surface area contributed by atoms with Crippen molar-refractivity contribution >= 4 is 12.0 Å². The summed E-state index contributed by atoms with van der Waals surface area (Å²) in [6.07, 6.45) is -3.44. The number of ether oxygens (including phenoxy) is 1. The van der Waals surface area contributed by atoms with E-state index in [4.69, 9.17) is 4.74 Å². The number of halogens is 3. The van der Waals surface area contributed by atoms with Gasteiger partial charge in [-0.1, -0.05) is 0 Å². The van der Waals surface area contributed by atoms with Crippen LogP contribution in [0.1, 0.15) is 38.8 Å². The molecule has 134 valence electrons. The maximum absolute atomic E-state index is 12.8. The average molecular weight is 347 g/mol. The third-order valence-corrected chi connectivity index (χ3v) is 2.80. The van der Waals surface area contributed by atoms with Crippen LogP contribution < -0.4 is 10.6 Å². The summed E-state index contributed by atoms with van der Waals surface area (Å²) >= 11 is 0. The van der Waals surface area contributed by atoms with Crippen LogP contribution in [0.4, 0.5) is 18.0 Å². The SMILES string of the molecule is CC(NC(=O)OC(C)(C)C)C(=O)NCc1ccncc1C(F)(F)F. The monoisotopic (exact) mass is 347 g/mol. The molecule has 1 aromatic rings. The number of carbonyl (C=O) groups excluding carboxylic acids is 2. The zero-order valence-electron chi connectivity index (χ0n) is 13.8. The molecule has 2 N–H and O–H groups in total. The molecule has 1 aromatic heterocycles. The van der Waals surface area contributed by atoms with Crippen LogP contribution in [0.5, 0.6) is 0 Å². The first-order valence-electron chi connectivity index (χ1n) is 7.17. The fourth-order valence-corrected chi connectivity index (χ4v) is 1.72. The van der Waals surface area contributed by atoms with E-state index in [0.717, 1.165) is 0 Å². The van der Waals surface area contributed by atoms with E-state index in [-0.39, 0.29) is 12.1 Å². The first kappa shape index (κ1) is 19.7. The number of aromatic nitrogens is 1. The molecular formula is C15H20F3N3O3. The van der Waals surface area contributed by atoms with Crippen LogP contribution in [0.2, 0.25) is 0 Å². The van der Waals surface area contributed by atoms with Crippen LogP contribution in [-0.2, 0) is 22.3 Å². The Labute approximate surface area is 137 Å². The van der Waals surface area contributed by atoms with E-state index in [2.05, 4.69) is 15.6 Å². The molecule has 9 heteroatoms. The van der Waals surface area contributed by atoms with Gasteiger partial charge in [-0.2, -0.15) is 13.2 Å². The number of nitrogens with one attached hydrogen (secondary N) is 2. The fraction of sp³-hybridized carbons (Fsp3) is 0.533. The summed E-state index contributed by atoms with van der Waals surface area (Å²) in [6, 6.07) is 0.214. The topological polar surface area (TPSA) is 80.3 Å². The number of nitrogens with zero attached hydrogens (tertiary/aromatic N) is 1. The second-order valence-electron chi connectivity index (χ2n) is 6.12. The van der Waals surface area contributed by atoms with Gasteiger partial charge < -0.3 is 15.4 Å². The van der Waals surface area contributed by atoms with Crippen molar-refractivity contribution in [2.24, 2.45) is 0 Å². The Balaban J connectivity index is 2.62. The maximum atomic E-state index is 12.8. The molecule has 1 heterocycles. The van der Waals surface area contributed by atoms with Crippen LogP contribution in [-0.4, -0.2) is 28.6 Å². The van der Waals surface area contributed by atoms with Gasteiger partial charge in [-0.3, -0.25) is 9.78 Å². The van der Waals surface area contributed by atoms with Crippen LogP contribution in [0.15, 0.2) is 18.5 Å². The molecule has 0 saturated carbocycles. The van der Waals surface area contributed by atoms with Crippen LogP contribution in [0.25, 0.3) is 0 Å². The minimum absolute atomic E-state index is 0.115. The number of carbonyl (C=O) groups is 2. The lowest BCUT2D eigenvalue weighted by Crippen LogP contribution is -2.46. The van der Waals surface area contributed by atoms with Gasteiger partial charge >= 0.3 is 12.3 Å². The van der Waals surface area contributed by atoms with Gasteiger partial charge in [-0.15, -0.1) is 0 Å². The van der Waals surface area contributed by atoms with E-state index < -0.39 is 35.4 Å². The molecule has 24 heavy (non-hydrogen) atoms. The van der Waals surface area contributed by atoms with Crippen molar-refractivity contribution in [1.82, 2.24) is 15.6 Å². The zero-order chi connectivity index (χ0) is 18.5. The highest BCUT2D eigenvalue weighted by Crippen LogP contribution is 2.31. The Hall–Kier alpha value is -2.32. The van der Waals surface area contributed by atoms with Gasteiger partial charge in [0.2, 0.25) is 5.91 Å². The van der Waals surface area contributed by atoms with Crippen LogP contribution in [0, 0.1) is 0 Å². The summed E-state index contributed by atoms with van der Waals surface area (Å²) in [5.41, 5.74) is -1.76. The van der Waals surface area contributed by atoms with Crippen LogP contribution >= 0.6 is 0 Å². The van der Waals surface area contributed by atoms with E-state index in [1.54, 1.807) is 20.8 Å². The van der Waals surface area contributed by atoms with Crippen molar-refractivity contribution in [3.8, 4) is 0 Å². The lowest BCUT2D eigenvalue weighted by molar-refractivity contribution is -0.138. The summed E-state index contributed by atoms with van der Waals surface area (Å²) in [5.74, 6) is -0.634. The molecule has 0 aromatic carbocycles. The molecule has 1 atom stereocenters. The lowest BCUT2D eigenvalue weighted by atomic mass is 10.1. The molecule has 1 rings (SSSR count). The molecule has 1 unspecified atom stereocenters. The maximum Gasteiger partial charge on any atom is 0.418 e. The van der Waals surface area contributed by atoms with Crippen molar-refractivity contribution in [3.05, 3.63) is 29.6 Å². The first-order chi connectivity index (χ1) is 10.9. The van der Waals surface area contributed by atoms with Crippen molar-refractivity contribution in [2.45, 2.75) is 52.1 Å². The zero-order valence-corrected chi connectivity index (χ0v) is 13.8. The van der Waals surface area contributed by atoms with Crippen LogP contribution in [0.3, 0.4) is 0 Å². The quantitative estimate of drug-likeness (QED) is 0.877. The van der Waals surface area contributed by atoms with Crippen molar-refractivity contribution in [1.29, 1.82) is 0 Å². The van der Waals surface area contributed by atoms with Gasteiger partial charge in [-0.05, 0) is 39.3 Å². The third-order valence-electron chi connectivity index (χ3n) is 2.80. The minimum atomic E-state index is -4.56. The number of alkyl halides is 3. The lowest BCUT2D eigenvalue weighted by Gasteiger charge is -2.21. The number of pyridine rings is 1. The number of alkyl carbamates (subject to hydrolysis) is 1. The summed E-state index contributed by atoms with van der Waals surface area (Å²) in [6.45, 7) is 6.06. The molecule has 0 bridgehead atoms. The summed E-state index contributed by atoms with van der Waals surface area (Å²) < 4.78 is 43.5. The molecule has 0 aliphatic heterocycles. The van der Waals surface area contributed by atoms with Gasteiger partial charge in [0.15, 0.2) is 0 Å². The molecule has 0 saturated heterocycles. The molecule has 0 radical (unpaired) electrons. The summed E-state index contributed by atoms with van der Waals surface area (Å²) in [7, 11) is 0. The standard InChI is InChI=1S/C15H20F3N3O3/c1-9(21-13(23)24-14(2,3)4)12(22)20-7-10-5-6-19-8-11(10)15(16,17)18/h5-6,8-9H,7H2,1-4H3,(H,20,22)(H,21,23). The molecule has 6 nitrogen and oxygen atoms in total. The van der Waals surface area contributed by atoms with Gasteiger partial charge in [0, 0.05) is 18.9 Å². The minimum Gasteiger partial charge on any atom is -0.444 e. The molecule has 2 amide bonds. The predicted molar refractivity (Wildman–Crippen MR) is 79.9 cm³/mol. The van der Waals surface area contributed by atoms with E-state index >= 15 is 0 Å². The number of hydrogen-bond acceptors (Lipinski definition) is 4. The highest BCUT2D eigenvalue weighted by Gasteiger charge is 2.33. The Morgan fingerprint density at radius 2 is 1.92 bits per heavy atom. The van der Waals surface area contributed by atoms with Gasteiger partial charge in [0.1, 0.15) is 11.6 Å². The van der Waals surface area contributed by atoms with E-state index in [9.17, 15) is 22.8 Å². The highest BCUT2D eigenvalue weighted by molar-refractivity contribution is 5.85. The third kappa shape index (κ3) is 6.43. The number of amides is 2. The Kier molecular flexibility index (Phi) is 6.16. The molecule has 0 fully saturated rings. The largest absolute Gasteiger partial charge is 0.444 e. The number of hydrogen-bond donors (Lipinski definition) is 2. The van der Waals surface area contributed by atoms with Crippen molar-refractivity contribution in [3.63, 3.8) is 0 Å². The smallest absolute Gasteiger partial charge is 0.418 e.